The van der Waals surface area contributed by atoms with Gasteiger partial charge in [0.2, 0.25) is 17.8 Å². The number of halogens is 2. The van der Waals surface area contributed by atoms with Crippen molar-refractivity contribution in [2.45, 2.75) is 82.7 Å². The second kappa shape index (κ2) is 13.5. The standard InChI is InChI=1S/C25H36ClFN6O2S/c26-20-7-4-8-21(27)19(20)15-36-14-13-28-23-31-24(29-17-5-2-1-3-6-17)33-25(32-23)30-18-11-9-16(10-12-18)22(34)35/h8,16-18H,1-7,9-15H2,(H,34,35)(H3,28,29,30,31,32,33). The number of rotatable bonds is 11. The summed E-state index contributed by atoms with van der Waals surface area (Å²) in [6.45, 7) is 0.622. The molecule has 2 fully saturated rings. The Bertz CT molecular complexity index is 964. The van der Waals surface area contributed by atoms with Crippen molar-refractivity contribution in [1.82, 2.24) is 15.0 Å². The van der Waals surface area contributed by atoms with Crippen molar-refractivity contribution in [2.24, 2.45) is 5.92 Å². The number of thioether (sulfide) groups is 1. The third-order valence-corrected chi connectivity index (χ3v) is 8.47. The molecule has 0 unspecified atom stereocenters. The van der Waals surface area contributed by atoms with Gasteiger partial charge < -0.3 is 21.1 Å². The maximum atomic E-state index is 14.0. The molecule has 1 aromatic rings. The molecule has 36 heavy (non-hydrogen) atoms. The fourth-order valence-corrected chi connectivity index (χ4v) is 6.22. The first-order chi connectivity index (χ1) is 17.5. The van der Waals surface area contributed by atoms with Gasteiger partial charge in [-0.15, -0.1) is 0 Å². The number of hydrogen-bond acceptors (Lipinski definition) is 8. The fourth-order valence-electron chi connectivity index (χ4n) is 4.97. The Morgan fingerprint density at radius 2 is 1.64 bits per heavy atom. The van der Waals surface area contributed by atoms with Gasteiger partial charge in [-0.25, -0.2) is 4.39 Å². The molecule has 0 saturated heterocycles. The first-order valence-corrected chi connectivity index (χ1v) is 14.6. The molecule has 11 heteroatoms. The van der Waals surface area contributed by atoms with Crippen LogP contribution in [0.4, 0.5) is 22.2 Å². The molecule has 0 atom stereocenters. The largest absolute Gasteiger partial charge is 0.481 e. The van der Waals surface area contributed by atoms with Crippen molar-refractivity contribution in [3.63, 3.8) is 0 Å². The third-order valence-electron chi connectivity index (χ3n) is 7.06. The minimum Gasteiger partial charge on any atom is -0.481 e. The first-order valence-electron chi connectivity index (χ1n) is 13.0. The molecule has 1 heterocycles. The van der Waals surface area contributed by atoms with E-state index >= 15 is 0 Å². The number of aliphatic carboxylic acids is 1. The van der Waals surface area contributed by atoms with Crippen molar-refractivity contribution in [3.8, 4) is 0 Å². The molecule has 0 amide bonds. The molecular formula is C25H36ClFN6O2S. The number of aromatic nitrogens is 3. The van der Waals surface area contributed by atoms with E-state index in [0.29, 0.717) is 72.5 Å². The van der Waals surface area contributed by atoms with E-state index in [1.54, 1.807) is 17.8 Å². The Kier molecular flexibility index (Phi) is 10.1. The predicted molar refractivity (Wildman–Crippen MR) is 144 cm³/mol. The second-order valence-electron chi connectivity index (χ2n) is 9.77. The van der Waals surface area contributed by atoms with Gasteiger partial charge in [-0.05, 0) is 57.4 Å². The van der Waals surface area contributed by atoms with Crippen LogP contribution in [0.15, 0.2) is 22.5 Å². The van der Waals surface area contributed by atoms with Gasteiger partial charge in [-0.3, -0.25) is 4.79 Å². The van der Waals surface area contributed by atoms with Gasteiger partial charge in [-0.2, -0.15) is 26.7 Å². The Morgan fingerprint density at radius 1 is 1.00 bits per heavy atom. The highest BCUT2D eigenvalue weighted by Crippen LogP contribution is 2.31. The number of carboxylic acids is 1. The Balaban J connectivity index is 1.33. The quantitative estimate of drug-likeness (QED) is 0.253. The van der Waals surface area contributed by atoms with Crippen LogP contribution in [0.5, 0.6) is 0 Å². The lowest BCUT2D eigenvalue weighted by Gasteiger charge is -2.27. The van der Waals surface area contributed by atoms with Gasteiger partial charge in [0.25, 0.3) is 0 Å². The van der Waals surface area contributed by atoms with E-state index in [2.05, 4.69) is 30.9 Å². The van der Waals surface area contributed by atoms with E-state index < -0.39 is 5.97 Å². The summed E-state index contributed by atoms with van der Waals surface area (Å²) in [6, 6.07) is 0.505. The molecule has 0 radical (unpaired) electrons. The summed E-state index contributed by atoms with van der Waals surface area (Å²) < 4.78 is 14.0. The highest BCUT2D eigenvalue weighted by Gasteiger charge is 2.26. The molecule has 3 aliphatic carbocycles. The highest BCUT2D eigenvalue weighted by atomic mass is 35.5. The lowest BCUT2D eigenvalue weighted by atomic mass is 9.86. The summed E-state index contributed by atoms with van der Waals surface area (Å²) in [5, 5.41) is 20.1. The Labute approximate surface area is 221 Å². The number of carbonyl (C=O) groups is 1. The van der Waals surface area contributed by atoms with E-state index in [-0.39, 0.29) is 17.8 Å². The molecule has 4 N–H and O–H groups in total. The van der Waals surface area contributed by atoms with Crippen LogP contribution in [0.25, 0.3) is 0 Å². The number of carboxylic acid groups (broad SMARTS) is 1. The third kappa shape index (κ3) is 7.96. The van der Waals surface area contributed by atoms with Gasteiger partial charge >= 0.3 is 5.97 Å². The number of anilines is 3. The molecule has 0 spiro atoms. The van der Waals surface area contributed by atoms with Crippen LogP contribution in [0.3, 0.4) is 0 Å². The van der Waals surface area contributed by atoms with Crippen molar-refractivity contribution >= 4 is 47.2 Å². The van der Waals surface area contributed by atoms with Gasteiger partial charge in [0.15, 0.2) is 0 Å². The van der Waals surface area contributed by atoms with Crippen molar-refractivity contribution < 1.29 is 14.3 Å². The van der Waals surface area contributed by atoms with E-state index in [4.69, 9.17) is 11.6 Å². The first kappa shape index (κ1) is 27.0. The van der Waals surface area contributed by atoms with E-state index in [1.165, 1.54) is 19.3 Å². The van der Waals surface area contributed by atoms with Gasteiger partial charge in [-0.1, -0.05) is 30.9 Å². The smallest absolute Gasteiger partial charge is 0.306 e. The lowest BCUT2D eigenvalue weighted by molar-refractivity contribution is -0.142. The second-order valence-corrected chi connectivity index (χ2v) is 11.3. The molecule has 0 bridgehead atoms. The van der Waals surface area contributed by atoms with E-state index in [1.807, 2.05) is 0 Å². The van der Waals surface area contributed by atoms with Gasteiger partial charge in [0, 0.05) is 40.7 Å². The maximum Gasteiger partial charge on any atom is 0.306 e. The number of nitrogens with one attached hydrogen (secondary N) is 3. The summed E-state index contributed by atoms with van der Waals surface area (Å²) in [7, 11) is 0. The molecule has 0 aromatic carbocycles. The SMILES string of the molecule is O=C(O)C1CCC(Nc2nc(NCCSCC3=C(Cl)CCC=C3F)nc(NC3CCCCC3)n2)CC1. The van der Waals surface area contributed by atoms with E-state index in [0.717, 1.165) is 31.4 Å². The summed E-state index contributed by atoms with van der Waals surface area (Å²) in [5.74, 6) is 1.67. The topological polar surface area (TPSA) is 112 Å². The van der Waals surface area contributed by atoms with Crippen molar-refractivity contribution in [1.29, 1.82) is 0 Å². The zero-order chi connectivity index (χ0) is 25.3. The molecule has 8 nitrogen and oxygen atoms in total. The molecular weight excluding hydrogens is 503 g/mol. The fraction of sp³-hybridized carbons (Fsp3) is 0.680. The number of hydrogen-bond donors (Lipinski definition) is 4. The summed E-state index contributed by atoms with van der Waals surface area (Å²) in [6.07, 6.45) is 11.7. The average molecular weight is 539 g/mol. The van der Waals surface area contributed by atoms with Crippen molar-refractivity contribution in [3.05, 3.63) is 22.5 Å². The molecule has 0 aliphatic heterocycles. The highest BCUT2D eigenvalue weighted by molar-refractivity contribution is 7.99. The maximum absolute atomic E-state index is 14.0. The zero-order valence-electron chi connectivity index (χ0n) is 20.6. The summed E-state index contributed by atoms with van der Waals surface area (Å²) in [4.78, 5) is 25.1. The van der Waals surface area contributed by atoms with Gasteiger partial charge in [0.1, 0.15) is 5.83 Å². The van der Waals surface area contributed by atoms with Crippen molar-refractivity contribution in [2.75, 3.05) is 34.0 Å². The minimum atomic E-state index is -0.710. The lowest BCUT2D eigenvalue weighted by Crippen LogP contribution is -2.30. The van der Waals surface area contributed by atoms with Crippen LogP contribution in [-0.4, -0.2) is 56.2 Å². The predicted octanol–water partition coefficient (Wildman–Crippen LogP) is 5.96. The molecule has 198 valence electrons. The minimum absolute atomic E-state index is 0.144. The van der Waals surface area contributed by atoms with Gasteiger partial charge in [0.05, 0.1) is 5.92 Å². The van der Waals surface area contributed by atoms with Crippen LogP contribution < -0.4 is 16.0 Å². The Morgan fingerprint density at radius 3 is 2.28 bits per heavy atom. The Hall–Kier alpha value is -2.07. The van der Waals surface area contributed by atoms with Crippen LogP contribution in [0.1, 0.15) is 70.6 Å². The van der Waals surface area contributed by atoms with Crippen LogP contribution in [0, 0.1) is 5.92 Å². The van der Waals surface area contributed by atoms with Crippen LogP contribution in [0.2, 0.25) is 0 Å². The summed E-state index contributed by atoms with van der Waals surface area (Å²) in [5.41, 5.74) is 0.608. The summed E-state index contributed by atoms with van der Waals surface area (Å²) >= 11 is 7.82. The zero-order valence-corrected chi connectivity index (χ0v) is 22.1. The number of nitrogens with zero attached hydrogens (tertiary/aromatic N) is 3. The normalized spacial score (nSPS) is 23.2. The number of allylic oxidation sites excluding steroid dienone is 3. The molecule has 4 rings (SSSR count). The van der Waals surface area contributed by atoms with Crippen LogP contribution in [-0.2, 0) is 4.79 Å². The average Bonchev–Trinajstić information content (AvgIpc) is 2.86. The van der Waals surface area contributed by atoms with E-state index in [9.17, 15) is 14.3 Å². The molecule has 1 aromatic heterocycles. The molecule has 3 aliphatic rings. The molecule has 2 saturated carbocycles. The van der Waals surface area contributed by atoms with Crippen LogP contribution >= 0.6 is 23.4 Å². The monoisotopic (exact) mass is 538 g/mol.